The maximum absolute atomic E-state index is 8.78. The van der Waals surface area contributed by atoms with Gasteiger partial charge in [-0.05, 0) is 18.4 Å². The molecule has 2 atom stereocenters. The van der Waals surface area contributed by atoms with Crippen LogP contribution in [-0.4, -0.2) is 29.1 Å². The van der Waals surface area contributed by atoms with E-state index in [-0.39, 0.29) is 6.04 Å². The third kappa shape index (κ3) is 2.12. The van der Waals surface area contributed by atoms with Gasteiger partial charge in [0.25, 0.3) is 0 Å². The minimum atomic E-state index is 0.260. The molecule has 1 aromatic heterocycles. The highest BCUT2D eigenvalue weighted by atomic mass is 15.3. The first-order valence-corrected chi connectivity index (χ1v) is 5.44. The van der Waals surface area contributed by atoms with Crippen molar-refractivity contribution in [3.63, 3.8) is 0 Å². The summed E-state index contributed by atoms with van der Waals surface area (Å²) in [7, 11) is 0. The Morgan fingerprint density at radius 2 is 2.44 bits per heavy atom. The van der Waals surface area contributed by atoms with Gasteiger partial charge in [0.1, 0.15) is 11.8 Å². The number of hydrogen-bond donors (Lipinski definition) is 1. The van der Waals surface area contributed by atoms with Gasteiger partial charge in [0.05, 0.1) is 0 Å². The molecule has 1 aliphatic heterocycles. The number of nitriles is 1. The molecule has 2 N–H and O–H groups in total. The molecule has 84 valence electrons. The normalized spacial score (nSPS) is 25.2. The largest absolute Gasteiger partial charge is 0.340 e. The van der Waals surface area contributed by atoms with Gasteiger partial charge in [-0.15, -0.1) is 0 Å². The van der Waals surface area contributed by atoms with Crippen LogP contribution < -0.4 is 10.6 Å². The molecule has 2 heterocycles. The van der Waals surface area contributed by atoms with E-state index in [1.165, 1.54) is 0 Å². The first-order valence-electron chi connectivity index (χ1n) is 5.44. The Kier molecular flexibility index (Phi) is 3.02. The number of nitrogens with zero attached hydrogens (tertiary/aromatic N) is 4. The molecule has 0 spiro atoms. The lowest BCUT2D eigenvalue weighted by Crippen LogP contribution is -2.46. The van der Waals surface area contributed by atoms with Crippen molar-refractivity contribution in [1.29, 1.82) is 5.26 Å². The zero-order chi connectivity index (χ0) is 11.5. The predicted octanol–water partition coefficient (Wildman–Crippen LogP) is 0.522. The van der Waals surface area contributed by atoms with E-state index in [0.29, 0.717) is 17.6 Å². The van der Waals surface area contributed by atoms with Crippen LogP contribution in [0.1, 0.15) is 19.0 Å². The van der Waals surface area contributed by atoms with Crippen LogP contribution in [0.25, 0.3) is 0 Å². The molecule has 5 heteroatoms. The third-order valence-corrected chi connectivity index (χ3v) is 3.01. The summed E-state index contributed by atoms with van der Waals surface area (Å²) in [5.41, 5.74) is 6.36. The first kappa shape index (κ1) is 10.8. The van der Waals surface area contributed by atoms with E-state index in [1.54, 1.807) is 12.3 Å². The van der Waals surface area contributed by atoms with Crippen LogP contribution in [0.5, 0.6) is 0 Å². The van der Waals surface area contributed by atoms with Gasteiger partial charge in [0, 0.05) is 25.3 Å². The molecular weight excluding hydrogens is 202 g/mol. The number of nitrogens with two attached hydrogens (primary N) is 1. The van der Waals surface area contributed by atoms with Gasteiger partial charge in [-0.1, -0.05) is 6.92 Å². The quantitative estimate of drug-likeness (QED) is 0.742. The fourth-order valence-electron chi connectivity index (χ4n) is 1.91. The van der Waals surface area contributed by atoms with E-state index in [2.05, 4.69) is 21.8 Å². The molecule has 1 aromatic rings. The smallest absolute Gasteiger partial charge is 0.226 e. The van der Waals surface area contributed by atoms with Crippen molar-refractivity contribution in [3.05, 3.63) is 18.0 Å². The topological polar surface area (TPSA) is 78.8 Å². The lowest BCUT2D eigenvalue weighted by Gasteiger charge is -2.34. The molecule has 0 amide bonds. The number of piperidine rings is 1. The summed E-state index contributed by atoms with van der Waals surface area (Å²) in [6.45, 7) is 3.85. The Bertz CT molecular complexity index is 411. The Morgan fingerprint density at radius 3 is 3.12 bits per heavy atom. The van der Waals surface area contributed by atoms with Crippen LogP contribution in [0.3, 0.4) is 0 Å². The summed E-state index contributed by atoms with van der Waals surface area (Å²) < 4.78 is 0. The molecule has 1 fully saturated rings. The van der Waals surface area contributed by atoms with Gasteiger partial charge >= 0.3 is 0 Å². The average Bonchev–Trinajstić information content (AvgIpc) is 2.33. The molecule has 0 saturated carbocycles. The zero-order valence-electron chi connectivity index (χ0n) is 9.30. The van der Waals surface area contributed by atoms with E-state index in [1.807, 2.05) is 6.07 Å². The fourth-order valence-corrected chi connectivity index (χ4v) is 1.91. The maximum atomic E-state index is 8.78. The van der Waals surface area contributed by atoms with Crippen LogP contribution in [0.4, 0.5) is 5.95 Å². The second-order valence-corrected chi connectivity index (χ2v) is 4.23. The Labute approximate surface area is 94.9 Å². The Balaban J connectivity index is 2.16. The van der Waals surface area contributed by atoms with E-state index >= 15 is 0 Å². The fraction of sp³-hybridized carbons (Fsp3) is 0.545. The van der Waals surface area contributed by atoms with Gasteiger partial charge in [-0.2, -0.15) is 5.26 Å². The van der Waals surface area contributed by atoms with Crippen molar-refractivity contribution in [2.45, 2.75) is 19.4 Å². The van der Waals surface area contributed by atoms with Gasteiger partial charge in [0.2, 0.25) is 5.95 Å². The number of rotatable bonds is 1. The molecule has 1 saturated heterocycles. The molecule has 16 heavy (non-hydrogen) atoms. The lowest BCUT2D eigenvalue weighted by molar-refractivity contribution is 0.379. The second kappa shape index (κ2) is 4.45. The van der Waals surface area contributed by atoms with Crippen molar-refractivity contribution >= 4 is 5.95 Å². The zero-order valence-corrected chi connectivity index (χ0v) is 9.30. The number of hydrogen-bond acceptors (Lipinski definition) is 5. The van der Waals surface area contributed by atoms with E-state index in [4.69, 9.17) is 11.0 Å². The van der Waals surface area contributed by atoms with Gasteiger partial charge in [-0.25, -0.2) is 9.97 Å². The van der Waals surface area contributed by atoms with E-state index in [9.17, 15) is 0 Å². The summed E-state index contributed by atoms with van der Waals surface area (Å²) in [6.07, 6.45) is 2.57. The number of aromatic nitrogens is 2. The monoisotopic (exact) mass is 217 g/mol. The van der Waals surface area contributed by atoms with Crippen LogP contribution in [0.2, 0.25) is 0 Å². The van der Waals surface area contributed by atoms with Crippen molar-refractivity contribution in [2.75, 3.05) is 18.0 Å². The highest BCUT2D eigenvalue weighted by Gasteiger charge is 2.24. The minimum Gasteiger partial charge on any atom is -0.340 e. The average molecular weight is 217 g/mol. The highest BCUT2D eigenvalue weighted by molar-refractivity contribution is 5.34. The number of anilines is 1. The summed E-state index contributed by atoms with van der Waals surface area (Å²) in [6, 6.07) is 3.90. The van der Waals surface area contributed by atoms with Crippen LogP contribution in [0.15, 0.2) is 12.3 Å². The SMILES string of the molecule is CC1CN(c2nccc(C#N)n2)CCC1N. The van der Waals surface area contributed by atoms with Crippen molar-refractivity contribution in [1.82, 2.24) is 9.97 Å². The maximum Gasteiger partial charge on any atom is 0.226 e. The van der Waals surface area contributed by atoms with E-state index in [0.717, 1.165) is 19.5 Å². The lowest BCUT2D eigenvalue weighted by atomic mass is 9.95. The molecule has 1 aliphatic rings. The minimum absolute atomic E-state index is 0.260. The van der Waals surface area contributed by atoms with Crippen molar-refractivity contribution in [2.24, 2.45) is 11.7 Å². The predicted molar refractivity (Wildman–Crippen MR) is 60.7 cm³/mol. The summed E-state index contributed by atoms with van der Waals surface area (Å²) in [5.74, 6) is 1.07. The van der Waals surface area contributed by atoms with Gasteiger partial charge in [-0.3, -0.25) is 0 Å². The summed E-state index contributed by atoms with van der Waals surface area (Å²) in [4.78, 5) is 10.5. The summed E-state index contributed by atoms with van der Waals surface area (Å²) >= 11 is 0. The standard InChI is InChI=1S/C11H15N5/c1-8-7-16(5-3-10(8)13)11-14-4-2-9(6-12)15-11/h2,4,8,10H,3,5,7,13H2,1H3. The molecule has 0 bridgehead atoms. The second-order valence-electron chi connectivity index (χ2n) is 4.23. The van der Waals surface area contributed by atoms with Crippen LogP contribution in [-0.2, 0) is 0 Å². The van der Waals surface area contributed by atoms with Crippen molar-refractivity contribution < 1.29 is 0 Å². The first-order chi connectivity index (χ1) is 7.70. The molecule has 5 nitrogen and oxygen atoms in total. The molecule has 2 unspecified atom stereocenters. The van der Waals surface area contributed by atoms with Gasteiger partial charge in [0.15, 0.2) is 0 Å². The third-order valence-electron chi connectivity index (χ3n) is 3.01. The van der Waals surface area contributed by atoms with Gasteiger partial charge < -0.3 is 10.6 Å². The Morgan fingerprint density at radius 1 is 1.62 bits per heavy atom. The molecule has 2 rings (SSSR count). The van der Waals surface area contributed by atoms with Crippen LogP contribution in [0, 0.1) is 17.2 Å². The van der Waals surface area contributed by atoms with E-state index < -0.39 is 0 Å². The summed E-state index contributed by atoms with van der Waals surface area (Å²) in [5, 5.41) is 8.78. The molecule has 0 aromatic carbocycles. The van der Waals surface area contributed by atoms with Crippen molar-refractivity contribution in [3.8, 4) is 6.07 Å². The highest BCUT2D eigenvalue weighted by Crippen LogP contribution is 2.18. The molecule has 0 radical (unpaired) electrons. The Hall–Kier alpha value is -1.67. The molecule has 0 aliphatic carbocycles. The van der Waals surface area contributed by atoms with Crippen LogP contribution >= 0.6 is 0 Å². The molecular formula is C11H15N5.